The molecule has 0 aliphatic rings. The molecule has 0 saturated heterocycles. The molecule has 1 N–H and O–H groups in total. The van der Waals surface area contributed by atoms with E-state index >= 15 is 0 Å². The minimum absolute atomic E-state index is 0.635. The zero-order valence-corrected chi connectivity index (χ0v) is 10.2. The van der Waals surface area contributed by atoms with E-state index in [9.17, 15) is 0 Å². The summed E-state index contributed by atoms with van der Waals surface area (Å²) < 4.78 is 5.30. The van der Waals surface area contributed by atoms with Gasteiger partial charge in [-0.3, -0.25) is 0 Å². The highest BCUT2D eigenvalue weighted by atomic mass is 16.5. The van der Waals surface area contributed by atoms with Crippen LogP contribution in [-0.2, 0) is 4.74 Å². The molecule has 1 unspecified atom stereocenters. The standard InChI is InChI=1S/C11H26N2O/c1-5-14-10-9-13(4)8-6-7-11(2)12-3/h11-12H,5-10H2,1-4H3. The highest BCUT2D eigenvalue weighted by molar-refractivity contribution is 4.59. The van der Waals surface area contributed by atoms with Crippen LogP contribution in [0.15, 0.2) is 0 Å². The maximum absolute atomic E-state index is 5.30. The smallest absolute Gasteiger partial charge is 0.0593 e. The Morgan fingerprint density at radius 2 is 2.07 bits per heavy atom. The average Bonchev–Trinajstić information content (AvgIpc) is 2.18. The normalized spacial score (nSPS) is 13.5. The van der Waals surface area contributed by atoms with Crippen LogP contribution < -0.4 is 5.32 Å². The van der Waals surface area contributed by atoms with Crippen LogP contribution in [0.5, 0.6) is 0 Å². The summed E-state index contributed by atoms with van der Waals surface area (Å²) >= 11 is 0. The van der Waals surface area contributed by atoms with Gasteiger partial charge in [-0.2, -0.15) is 0 Å². The predicted molar refractivity (Wildman–Crippen MR) is 61.7 cm³/mol. The molecular weight excluding hydrogens is 176 g/mol. The topological polar surface area (TPSA) is 24.5 Å². The summed E-state index contributed by atoms with van der Waals surface area (Å²) in [5.74, 6) is 0. The fourth-order valence-electron chi connectivity index (χ4n) is 1.29. The maximum atomic E-state index is 5.30. The van der Waals surface area contributed by atoms with E-state index in [1.54, 1.807) is 0 Å². The Morgan fingerprint density at radius 3 is 2.64 bits per heavy atom. The quantitative estimate of drug-likeness (QED) is 0.571. The molecule has 3 nitrogen and oxygen atoms in total. The predicted octanol–water partition coefficient (Wildman–Crippen LogP) is 1.34. The highest BCUT2D eigenvalue weighted by Gasteiger charge is 2.00. The van der Waals surface area contributed by atoms with Crippen LogP contribution in [0.1, 0.15) is 26.7 Å². The molecule has 0 amide bonds. The molecule has 0 aromatic heterocycles. The van der Waals surface area contributed by atoms with E-state index in [1.807, 2.05) is 14.0 Å². The number of hydrogen-bond acceptors (Lipinski definition) is 3. The third kappa shape index (κ3) is 8.48. The van der Waals surface area contributed by atoms with E-state index in [4.69, 9.17) is 4.74 Å². The molecule has 0 fully saturated rings. The fraction of sp³-hybridized carbons (Fsp3) is 1.00. The van der Waals surface area contributed by atoms with Crippen molar-refractivity contribution in [3.05, 3.63) is 0 Å². The molecule has 3 heteroatoms. The van der Waals surface area contributed by atoms with Crippen LogP contribution in [-0.4, -0.2) is 51.3 Å². The Bertz CT molecular complexity index is 120. The minimum atomic E-state index is 0.635. The van der Waals surface area contributed by atoms with Gasteiger partial charge in [-0.1, -0.05) is 0 Å². The fourth-order valence-corrected chi connectivity index (χ4v) is 1.29. The van der Waals surface area contributed by atoms with Crippen molar-refractivity contribution in [3.8, 4) is 0 Å². The van der Waals surface area contributed by atoms with Crippen LogP contribution in [0.3, 0.4) is 0 Å². The van der Waals surface area contributed by atoms with Crippen LogP contribution in [0, 0.1) is 0 Å². The first-order chi connectivity index (χ1) is 6.70. The Hall–Kier alpha value is -0.120. The number of nitrogens with zero attached hydrogens (tertiary/aromatic N) is 1. The molecule has 14 heavy (non-hydrogen) atoms. The van der Waals surface area contributed by atoms with E-state index in [-0.39, 0.29) is 0 Å². The third-order valence-electron chi connectivity index (χ3n) is 2.49. The van der Waals surface area contributed by atoms with Crippen molar-refractivity contribution >= 4 is 0 Å². The molecular formula is C11H26N2O. The van der Waals surface area contributed by atoms with Crippen molar-refractivity contribution in [2.24, 2.45) is 0 Å². The maximum Gasteiger partial charge on any atom is 0.0593 e. The molecule has 0 saturated carbocycles. The summed E-state index contributed by atoms with van der Waals surface area (Å²) in [6.07, 6.45) is 2.50. The van der Waals surface area contributed by atoms with Gasteiger partial charge in [-0.05, 0) is 47.3 Å². The van der Waals surface area contributed by atoms with Crippen molar-refractivity contribution in [3.63, 3.8) is 0 Å². The Balaban J connectivity index is 3.21. The van der Waals surface area contributed by atoms with Crippen molar-refractivity contribution in [2.75, 3.05) is 40.4 Å². The molecule has 86 valence electrons. The number of rotatable bonds is 9. The summed E-state index contributed by atoms with van der Waals surface area (Å²) in [5.41, 5.74) is 0. The van der Waals surface area contributed by atoms with E-state index in [0.717, 1.165) is 19.8 Å². The molecule has 0 spiro atoms. The summed E-state index contributed by atoms with van der Waals surface area (Å²) in [7, 11) is 4.17. The highest BCUT2D eigenvalue weighted by Crippen LogP contribution is 1.97. The van der Waals surface area contributed by atoms with Crippen molar-refractivity contribution in [2.45, 2.75) is 32.7 Å². The molecule has 0 radical (unpaired) electrons. The zero-order valence-electron chi connectivity index (χ0n) is 10.2. The van der Waals surface area contributed by atoms with Gasteiger partial charge in [0.05, 0.1) is 6.61 Å². The zero-order chi connectivity index (χ0) is 10.8. The summed E-state index contributed by atoms with van der Waals surface area (Å²) in [5, 5.41) is 3.25. The van der Waals surface area contributed by atoms with Gasteiger partial charge in [0.15, 0.2) is 0 Å². The first-order valence-electron chi connectivity index (χ1n) is 5.64. The van der Waals surface area contributed by atoms with E-state index in [1.165, 1.54) is 19.4 Å². The van der Waals surface area contributed by atoms with Crippen LogP contribution in [0.4, 0.5) is 0 Å². The monoisotopic (exact) mass is 202 g/mol. The number of ether oxygens (including phenoxy) is 1. The molecule has 0 heterocycles. The second-order valence-electron chi connectivity index (χ2n) is 3.83. The van der Waals surface area contributed by atoms with Gasteiger partial charge in [0.1, 0.15) is 0 Å². The number of likely N-dealkylation sites (N-methyl/N-ethyl adjacent to an activating group) is 1. The van der Waals surface area contributed by atoms with Gasteiger partial charge in [0, 0.05) is 19.2 Å². The van der Waals surface area contributed by atoms with Gasteiger partial charge in [-0.15, -0.1) is 0 Å². The SMILES string of the molecule is CCOCCN(C)CCCC(C)NC. The Labute approximate surface area is 88.8 Å². The Morgan fingerprint density at radius 1 is 1.36 bits per heavy atom. The number of nitrogens with one attached hydrogen (secondary N) is 1. The Kier molecular flexibility index (Phi) is 9.35. The van der Waals surface area contributed by atoms with Crippen molar-refractivity contribution in [1.82, 2.24) is 10.2 Å². The van der Waals surface area contributed by atoms with Crippen molar-refractivity contribution in [1.29, 1.82) is 0 Å². The first kappa shape index (κ1) is 13.9. The molecule has 0 aromatic rings. The van der Waals surface area contributed by atoms with Crippen LogP contribution in [0.25, 0.3) is 0 Å². The second-order valence-corrected chi connectivity index (χ2v) is 3.83. The van der Waals surface area contributed by atoms with E-state index in [2.05, 4.69) is 24.2 Å². The number of hydrogen-bond donors (Lipinski definition) is 1. The summed E-state index contributed by atoms with van der Waals surface area (Å²) in [4.78, 5) is 2.33. The lowest BCUT2D eigenvalue weighted by Gasteiger charge is -2.17. The van der Waals surface area contributed by atoms with E-state index in [0.29, 0.717) is 6.04 Å². The van der Waals surface area contributed by atoms with Crippen molar-refractivity contribution < 1.29 is 4.74 Å². The largest absolute Gasteiger partial charge is 0.380 e. The second kappa shape index (κ2) is 9.44. The van der Waals surface area contributed by atoms with Gasteiger partial charge < -0.3 is 15.0 Å². The van der Waals surface area contributed by atoms with E-state index < -0.39 is 0 Å². The lowest BCUT2D eigenvalue weighted by atomic mass is 10.2. The lowest BCUT2D eigenvalue weighted by molar-refractivity contribution is 0.121. The first-order valence-corrected chi connectivity index (χ1v) is 5.64. The van der Waals surface area contributed by atoms with Crippen LogP contribution >= 0.6 is 0 Å². The molecule has 0 rings (SSSR count). The summed E-state index contributed by atoms with van der Waals surface area (Å²) in [6.45, 7) is 8.15. The van der Waals surface area contributed by atoms with Gasteiger partial charge in [0.2, 0.25) is 0 Å². The minimum Gasteiger partial charge on any atom is -0.380 e. The molecule has 0 aromatic carbocycles. The van der Waals surface area contributed by atoms with Crippen LogP contribution in [0.2, 0.25) is 0 Å². The van der Waals surface area contributed by atoms with Gasteiger partial charge in [0.25, 0.3) is 0 Å². The molecule has 0 aliphatic carbocycles. The van der Waals surface area contributed by atoms with Gasteiger partial charge in [-0.25, -0.2) is 0 Å². The lowest BCUT2D eigenvalue weighted by Crippen LogP contribution is -2.27. The molecule has 0 bridgehead atoms. The van der Waals surface area contributed by atoms with Gasteiger partial charge >= 0.3 is 0 Å². The third-order valence-corrected chi connectivity index (χ3v) is 2.49. The average molecular weight is 202 g/mol. The summed E-state index contributed by atoms with van der Waals surface area (Å²) in [6, 6.07) is 0.635. The molecule has 0 aliphatic heterocycles. The molecule has 1 atom stereocenters.